The summed E-state index contributed by atoms with van der Waals surface area (Å²) in [6.07, 6.45) is 46.3. The molecule has 292 valence electrons. The summed E-state index contributed by atoms with van der Waals surface area (Å²) >= 11 is 0. The predicted molar refractivity (Wildman–Crippen MR) is 215 cm³/mol. The van der Waals surface area contributed by atoms with Gasteiger partial charge in [-0.3, -0.25) is 14.4 Å². The minimum atomic E-state index is -0.794. The van der Waals surface area contributed by atoms with E-state index in [1.54, 1.807) is 0 Å². The average Bonchev–Trinajstić information content (AvgIpc) is 3.12. The SMILES string of the molecule is CC/C=C\C/C=C\CCCCCCCC(=O)OCC(COC(=O)CCCCCC/C=C\CCCC)OC(=O)CCCCC/C=C\C=C/CCCC. The Hall–Kier alpha value is -2.89. The highest BCUT2D eigenvalue weighted by Gasteiger charge is 2.19. The van der Waals surface area contributed by atoms with Gasteiger partial charge in [0.25, 0.3) is 0 Å². The molecule has 0 spiro atoms. The van der Waals surface area contributed by atoms with Gasteiger partial charge >= 0.3 is 17.9 Å². The number of carbonyl (C=O) groups excluding carboxylic acids is 3. The Balaban J connectivity index is 4.46. The van der Waals surface area contributed by atoms with Crippen molar-refractivity contribution >= 4 is 17.9 Å². The van der Waals surface area contributed by atoms with E-state index in [2.05, 4.69) is 81.5 Å². The average molecular weight is 713 g/mol. The van der Waals surface area contributed by atoms with Crippen LogP contribution in [0.5, 0.6) is 0 Å². The van der Waals surface area contributed by atoms with Crippen LogP contribution < -0.4 is 0 Å². The summed E-state index contributed by atoms with van der Waals surface area (Å²) in [6, 6.07) is 0. The van der Waals surface area contributed by atoms with E-state index in [0.717, 1.165) is 122 Å². The molecule has 0 aliphatic carbocycles. The van der Waals surface area contributed by atoms with Gasteiger partial charge in [0.15, 0.2) is 6.10 Å². The van der Waals surface area contributed by atoms with Crippen LogP contribution in [0.2, 0.25) is 0 Å². The molecule has 0 saturated carbocycles. The van der Waals surface area contributed by atoms with Gasteiger partial charge in [-0.15, -0.1) is 0 Å². The maximum absolute atomic E-state index is 12.6. The van der Waals surface area contributed by atoms with E-state index in [4.69, 9.17) is 14.2 Å². The minimum absolute atomic E-state index is 0.0969. The summed E-state index contributed by atoms with van der Waals surface area (Å²) in [4.78, 5) is 37.5. The van der Waals surface area contributed by atoms with Crippen LogP contribution >= 0.6 is 0 Å². The largest absolute Gasteiger partial charge is 0.462 e. The molecule has 0 aliphatic rings. The van der Waals surface area contributed by atoms with Crippen LogP contribution in [0, 0.1) is 0 Å². The molecule has 0 aliphatic heterocycles. The first kappa shape index (κ1) is 48.1. The molecule has 0 aromatic heterocycles. The predicted octanol–water partition coefficient (Wildman–Crippen LogP) is 13.0. The lowest BCUT2D eigenvalue weighted by Gasteiger charge is -2.18. The van der Waals surface area contributed by atoms with Crippen molar-refractivity contribution in [1.29, 1.82) is 0 Å². The van der Waals surface area contributed by atoms with Gasteiger partial charge in [0.1, 0.15) is 13.2 Å². The Morgan fingerprint density at radius 1 is 0.431 bits per heavy atom. The van der Waals surface area contributed by atoms with Gasteiger partial charge in [0.2, 0.25) is 0 Å². The summed E-state index contributed by atoms with van der Waals surface area (Å²) in [5.41, 5.74) is 0. The smallest absolute Gasteiger partial charge is 0.306 e. The lowest BCUT2D eigenvalue weighted by atomic mass is 10.1. The Morgan fingerprint density at radius 2 is 0.824 bits per heavy atom. The molecule has 1 unspecified atom stereocenters. The van der Waals surface area contributed by atoms with Crippen LogP contribution in [-0.2, 0) is 28.6 Å². The summed E-state index contributed by atoms with van der Waals surface area (Å²) < 4.78 is 16.6. The number of allylic oxidation sites excluding steroid dienone is 10. The molecular formula is C45H76O6. The van der Waals surface area contributed by atoms with E-state index < -0.39 is 6.10 Å². The molecule has 0 rings (SSSR count). The van der Waals surface area contributed by atoms with Gasteiger partial charge in [-0.25, -0.2) is 0 Å². The molecule has 51 heavy (non-hydrogen) atoms. The van der Waals surface area contributed by atoms with Crippen molar-refractivity contribution < 1.29 is 28.6 Å². The van der Waals surface area contributed by atoms with Crippen LogP contribution in [0.15, 0.2) is 60.8 Å². The maximum atomic E-state index is 12.6. The topological polar surface area (TPSA) is 78.9 Å². The number of carbonyl (C=O) groups is 3. The van der Waals surface area contributed by atoms with Crippen LogP contribution in [0.1, 0.15) is 188 Å². The molecule has 1 atom stereocenters. The van der Waals surface area contributed by atoms with E-state index in [-0.39, 0.29) is 31.1 Å². The summed E-state index contributed by atoms with van der Waals surface area (Å²) in [6.45, 7) is 6.35. The van der Waals surface area contributed by atoms with Crippen LogP contribution in [-0.4, -0.2) is 37.2 Å². The van der Waals surface area contributed by atoms with Gasteiger partial charge in [0.05, 0.1) is 0 Å². The number of hydrogen-bond donors (Lipinski definition) is 0. The third-order valence-corrected chi connectivity index (χ3v) is 8.50. The third kappa shape index (κ3) is 38.2. The molecule has 0 heterocycles. The quantitative estimate of drug-likeness (QED) is 0.0211. The minimum Gasteiger partial charge on any atom is -0.462 e. The third-order valence-electron chi connectivity index (χ3n) is 8.50. The van der Waals surface area contributed by atoms with Crippen molar-refractivity contribution in [3.05, 3.63) is 60.8 Å². The first-order valence-electron chi connectivity index (χ1n) is 20.8. The van der Waals surface area contributed by atoms with Gasteiger partial charge in [-0.2, -0.15) is 0 Å². The second-order valence-corrected chi connectivity index (χ2v) is 13.5. The second kappa shape index (κ2) is 39.9. The Labute approximate surface area is 313 Å². The molecule has 0 aromatic carbocycles. The van der Waals surface area contributed by atoms with E-state index in [1.165, 1.54) is 25.7 Å². The van der Waals surface area contributed by atoms with Gasteiger partial charge in [-0.1, -0.05) is 146 Å². The number of unbranched alkanes of at least 4 members (excludes halogenated alkanes) is 16. The molecule has 0 bridgehead atoms. The zero-order valence-electron chi connectivity index (χ0n) is 33.1. The van der Waals surface area contributed by atoms with Crippen molar-refractivity contribution in [1.82, 2.24) is 0 Å². The van der Waals surface area contributed by atoms with Crippen LogP contribution in [0.4, 0.5) is 0 Å². The molecule has 6 heteroatoms. The van der Waals surface area contributed by atoms with Gasteiger partial charge in [-0.05, 0) is 83.5 Å². The molecule has 0 amide bonds. The zero-order chi connectivity index (χ0) is 37.3. The fraction of sp³-hybridized carbons (Fsp3) is 0.711. The number of rotatable bonds is 36. The number of hydrogen-bond acceptors (Lipinski definition) is 6. The first-order valence-corrected chi connectivity index (χ1v) is 20.8. The Bertz CT molecular complexity index is 960. The number of ether oxygens (including phenoxy) is 3. The van der Waals surface area contributed by atoms with Crippen molar-refractivity contribution in [2.45, 2.75) is 194 Å². The molecule has 0 aromatic rings. The Morgan fingerprint density at radius 3 is 1.35 bits per heavy atom. The molecule has 6 nitrogen and oxygen atoms in total. The second-order valence-electron chi connectivity index (χ2n) is 13.5. The van der Waals surface area contributed by atoms with Crippen molar-refractivity contribution in [2.24, 2.45) is 0 Å². The molecule has 0 N–H and O–H groups in total. The van der Waals surface area contributed by atoms with E-state index in [0.29, 0.717) is 19.3 Å². The van der Waals surface area contributed by atoms with Crippen LogP contribution in [0.25, 0.3) is 0 Å². The first-order chi connectivity index (χ1) is 25.0. The highest BCUT2D eigenvalue weighted by atomic mass is 16.6. The van der Waals surface area contributed by atoms with E-state index in [1.807, 2.05) is 0 Å². The summed E-state index contributed by atoms with van der Waals surface area (Å²) in [5.74, 6) is -0.963. The van der Waals surface area contributed by atoms with E-state index >= 15 is 0 Å². The molecule has 0 radical (unpaired) electrons. The fourth-order valence-corrected chi connectivity index (χ4v) is 5.32. The molecular weight excluding hydrogens is 636 g/mol. The zero-order valence-corrected chi connectivity index (χ0v) is 33.1. The maximum Gasteiger partial charge on any atom is 0.306 e. The lowest BCUT2D eigenvalue weighted by Crippen LogP contribution is -2.30. The highest BCUT2D eigenvalue weighted by molar-refractivity contribution is 5.71. The Kier molecular flexibility index (Phi) is 37.6. The molecule has 0 saturated heterocycles. The standard InChI is InChI=1S/C45H76O6/c1-4-7-10-13-16-19-22-24-26-29-32-35-38-44(47)50-41-42(40-49-43(46)37-34-31-28-25-21-18-15-12-9-6-3)51-45(48)39-36-33-30-27-23-20-17-14-11-8-5-2/h7,10,14-20,23,42H,4-6,8-9,11-13,21-22,24-41H2,1-3H3/b10-7-,17-14-,18-15-,19-16-,23-20-. The van der Waals surface area contributed by atoms with E-state index in [9.17, 15) is 14.4 Å². The highest BCUT2D eigenvalue weighted by Crippen LogP contribution is 2.12. The monoisotopic (exact) mass is 713 g/mol. The summed E-state index contributed by atoms with van der Waals surface area (Å²) in [7, 11) is 0. The van der Waals surface area contributed by atoms with Crippen molar-refractivity contribution in [3.8, 4) is 0 Å². The normalized spacial score (nSPS) is 12.6. The fourth-order valence-electron chi connectivity index (χ4n) is 5.32. The van der Waals surface area contributed by atoms with Crippen molar-refractivity contribution in [2.75, 3.05) is 13.2 Å². The van der Waals surface area contributed by atoms with Crippen LogP contribution in [0.3, 0.4) is 0 Å². The molecule has 0 fully saturated rings. The van der Waals surface area contributed by atoms with Gasteiger partial charge < -0.3 is 14.2 Å². The number of esters is 3. The summed E-state index contributed by atoms with van der Waals surface area (Å²) in [5, 5.41) is 0. The van der Waals surface area contributed by atoms with Crippen molar-refractivity contribution in [3.63, 3.8) is 0 Å². The van der Waals surface area contributed by atoms with Gasteiger partial charge in [0, 0.05) is 19.3 Å². The lowest BCUT2D eigenvalue weighted by molar-refractivity contribution is -0.167.